The van der Waals surface area contributed by atoms with Crippen LogP contribution in [0.25, 0.3) is 0 Å². The van der Waals surface area contributed by atoms with Crippen LogP contribution in [0.2, 0.25) is 0 Å². The van der Waals surface area contributed by atoms with E-state index in [9.17, 15) is 9.18 Å². The average Bonchev–Trinajstić information content (AvgIpc) is 2.82. The Kier molecular flexibility index (Phi) is 6.94. The molecule has 0 aromatic heterocycles. The van der Waals surface area contributed by atoms with E-state index in [1.54, 1.807) is 26.4 Å². The molecule has 1 heterocycles. The molecule has 1 N–H and O–H groups in total. The smallest absolute Gasteiger partial charge is 0.251 e. The van der Waals surface area contributed by atoms with Gasteiger partial charge in [-0.2, -0.15) is 0 Å². The first kappa shape index (κ1) is 22.8. The Morgan fingerprint density at radius 3 is 2.55 bits per heavy atom. The van der Waals surface area contributed by atoms with E-state index in [4.69, 9.17) is 9.47 Å². The minimum atomic E-state index is -0.249. The summed E-state index contributed by atoms with van der Waals surface area (Å²) in [5.41, 5.74) is 4.74. The number of nitrogens with one attached hydrogen (secondary N) is 1. The molecule has 6 heteroatoms. The molecule has 0 fully saturated rings. The molecule has 1 aliphatic rings. The number of benzene rings is 3. The number of amides is 1. The molecule has 1 amide bonds. The number of hydrogen-bond acceptors (Lipinski definition) is 4. The fourth-order valence-electron chi connectivity index (χ4n) is 4.49. The number of carbonyl (C=O) groups is 1. The molecule has 33 heavy (non-hydrogen) atoms. The summed E-state index contributed by atoms with van der Waals surface area (Å²) in [6.07, 6.45) is 0.827. The van der Waals surface area contributed by atoms with E-state index in [-0.39, 0.29) is 17.8 Å². The van der Waals surface area contributed by atoms with Crippen molar-refractivity contribution in [3.63, 3.8) is 0 Å². The molecule has 4 rings (SSSR count). The molecule has 172 valence electrons. The first-order valence-electron chi connectivity index (χ1n) is 11.1. The monoisotopic (exact) mass is 448 g/mol. The lowest BCUT2D eigenvalue weighted by molar-refractivity contribution is 0.0925. The van der Waals surface area contributed by atoms with Gasteiger partial charge >= 0.3 is 0 Å². The van der Waals surface area contributed by atoms with Crippen molar-refractivity contribution in [3.05, 3.63) is 94.3 Å². The Hall–Kier alpha value is -3.38. The maximum atomic E-state index is 13.8. The molecule has 0 bridgehead atoms. The standard InChI is InChI=1S/C27H29FN2O3/c1-18-7-4-5-10-22(18)27(31)29-16-24-23-15-26(33-3)25(32-2)14-20(23)11-12-30(24)17-19-8-6-9-21(28)13-19/h4-10,13-15,24H,11-12,16-17H2,1-3H3,(H,29,31)/t24-/m1/s1. The van der Waals surface area contributed by atoms with E-state index < -0.39 is 0 Å². The summed E-state index contributed by atoms with van der Waals surface area (Å²) in [7, 11) is 3.25. The number of methoxy groups -OCH3 is 2. The van der Waals surface area contributed by atoms with E-state index in [1.807, 2.05) is 49.4 Å². The van der Waals surface area contributed by atoms with Gasteiger partial charge in [0.2, 0.25) is 0 Å². The van der Waals surface area contributed by atoms with Crippen molar-refractivity contribution >= 4 is 5.91 Å². The second kappa shape index (κ2) is 10.0. The molecule has 5 nitrogen and oxygen atoms in total. The van der Waals surface area contributed by atoms with Crippen molar-refractivity contribution in [3.8, 4) is 11.5 Å². The molecule has 0 saturated carbocycles. The zero-order valence-corrected chi connectivity index (χ0v) is 19.2. The lowest BCUT2D eigenvalue weighted by Gasteiger charge is -2.38. The van der Waals surface area contributed by atoms with Gasteiger partial charge in [-0.05, 0) is 65.9 Å². The topological polar surface area (TPSA) is 50.8 Å². The lowest BCUT2D eigenvalue weighted by atomic mass is 9.91. The van der Waals surface area contributed by atoms with Crippen LogP contribution in [-0.4, -0.2) is 38.1 Å². The summed E-state index contributed by atoms with van der Waals surface area (Å²) in [6.45, 7) is 3.71. The van der Waals surface area contributed by atoms with E-state index in [0.29, 0.717) is 30.2 Å². The summed E-state index contributed by atoms with van der Waals surface area (Å²) in [6, 6.07) is 18.1. The summed E-state index contributed by atoms with van der Waals surface area (Å²) in [5, 5.41) is 3.12. The summed E-state index contributed by atoms with van der Waals surface area (Å²) in [5.74, 6) is 0.990. The number of rotatable bonds is 7. The minimum absolute atomic E-state index is 0.0928. The summed E-state index contributed by atoms with van der Waals surface area (Å²) >= 11 is 0. The van der Waals surface area contributed by atoms with Gasteiger partial charge in [0.05, 0.1) is 20.3 Å². The predicted octanol–water partition coefficient (Wildman–Crippen LogP) is 4.68. The van der Waals surface area contributed by atoms with E-state index in [1.165, 1.54) is 11.6 Å². The van der Waals surface area contributed by atoms with E-state index >= 15 is 0 Å². The normalized spacial score (nSPS) is 15.6. The average molecular weight is 449 g/mol. The molecular weight excluding hydrogens is 419 g/mol. The van der Waals surface area contributed by atoms with Crippen LogP contribution in [0.3, 0.4) is 0 Å². The molecule has 0 saturated heterocycles. The Balaban J connectivity index is 1.64. The quantitative estimate of drug-likeness (QED) is 0.570. The third kappa shape index (κ3) is 5.01. The summed E-state index contributed by atoms with van der Waals surface area (Å²) < 4.78 is 24.9. The van der Waals surface area contributed by atoms with Gasteiger partial charge in [0.1, 0.15) is 5.82 Å². The van der Waals surface area contributed by atoms with Crippen LogP contribution >= 0.6 is 0 Å². The number of carbonyl (C=O) groups excluding carboxylic acids is 1. The molecule has 1 aliphatic heterocycles. The van der Waals surface area contributed by atoms with Crippen LogP contribution in [-0.2, 0) is 13.0 Å². The highest BCUT2D eigenvalue weighted by atomic mass is 19.1. The molecule has 0 spiro atoms. The van der Waals surface area contributed by atoms with Gasteiger partial charge in [-0.1, -0.05) is 30.3 Å². The Labute approximate surface area is 194 Å². The van der Waals surface area contributed by atoms with Crippen LogP contribution in [0.15, 0.2) is 60.7 Å². The number of ether oxygens (including phenoxy) is 2. The Morgan fingerprint density at radius 1 is 1.06 bits per heavy atom. The highest BCUT2D eigenvalue weighted by Gasteiger charge is 2.30. The largest absolute Gasteiger partial charge is 0.493 e. The fourth-order valence-corrected chi connectivity index (χ4v) is 4.49. The van der Waals surface area contributed by atoms with Crippen LogP contribution in [0.5, 0.6) is 11.5 Å². The van der Waals surface area contributed by atoms with Crippen molar-refractivity contribution in [2.45, 2.75) is 25.9 Å². The Morgan fingerprint density at radius 2 is 1.82 bits per heavy atom. The number of aryl methyl sites for hydroxylation is 1. The van der Waals surface area contributed by atoms with Crippen LogP contribution in [0.1, 0.15) is 38.7 Å². The maximum absolute atomic E-state index is 13.8. The highest BCUT2D eigenvalue weighted by molar-refractivity contribution is 5.95. The number of nitrogens with zero attached hydrogens (tertiary/aromatic N) is 1. The number of fused-ring (bicyclic) bond motifs is 1. The number of hydrogen-bond donors (Lipinski definition) is 1. The van der Waals surface area contributed by atoms with Crippen LogP contribution in [0, 0.1) is 12.7 Å². The van der Waals surface area contributed by atoms with E-state index in [2.05, 4.69) is 10.2 Å². The second-order valence-electron chi connectivity index (χ2n) is 8.30. The van der Waals surface area contributed by atoms with Gasteiger partial charge in [-0.25, -0.2) is 4.39 Å². The first-order chi connectivity index (χ1) is 16.0. The van der Waals surface area contributed by atoms with E-state index in [0.717, 1.165) is 29.7 Å². The summed E-state index contributed by atoms with van der Waals surface area (Å²) in [4.78, 5) is 15.2. The Bertz CT molecular complexity index is 1150. The van der Waals surface area contributed by atoms with Gasteiger partial charge < -0.3 is 14.8 Å². The van der Waals surface area contributed by atoms with Gasteiger partial charge in [0, 0.05) is 25.2 Å². The third-order valence-electron chi connectivity index (χ3n) is 6.23. The molecule has 0 aliphatic carbocycles. The molecule has 3 aromatic carbocycles. The molecule has 3 aromatic rings. The van der Waals surface area contributed by atoms with Gasteiger partial charge in [0.25, 0.3) is 5.91 Å². The van der Waals surface area contributed by atoms with Gasteiger partial charge in [-0.3, -0.25) is 9.69 Å². The van der Waals surface area contributed by atoms with Crippen molar-refractivity contribution in [2.24, 2.45) is 0 Å². The highest BCUT2D eigenvalue weighted by Crippen LogP contribution is 2.38. The van der Waals surface area contributed by atoms with Crippen LogP contribution in [0.4, 0.5) is 4.39 Å². The predicted molar refractivity (Wildman–Crippen MR) is 126 cm³/mol. The van der Waals surface area contributed by atoms with Gasteiger partial charge in [-0.15, -0.1) is 0 Å². The SMILES string of the molecule is COc1cc2c(cc1OC)[C@@H](CNC(=O)c1ccccc1C)N(Cc1cccc(F)c1)CC2. The molecule has 1 atom stereocenters. The molecular formula is C27H29FN2O3. The lowest BCUT2D eigenvalue weighted by Crippen LogP contribution is -2.42. The van der Waals surface area contributed by atoms with Gasteiger partial charge in [0.15, 0.2) is 11.5 Å². The first-order valence-corrected chi connectivity index (χ1v) is 11.1. The maximum Gasteiger partial charge on any atom is 0.251 e. The third-order valence-corrected chi connectivity index (χ3v) is 6.23. The fraction of sp³-hybridized carbons (Fsp3) is 0.296. The molecule has 0 radical (unpaired) electrons. The van der Waals surface area contributed by atoms with Crippen molar-refractivity contribution in [1.29, 1.82) is 0 Å². The second-order valence-corrected chi connectivity index (χ2v) is 8.30. The van der Waals surface area contributed by atoms with Crippen molar-refractivity contribution < 1.29 is 18.7 Å². The van der Waals surface area contributed by atoms with Crippen molar-refractivity contribution in [1.82, 2.24) is 10.2 Å². The minimum Gasteiger partial charge on any atom is -0.493 e. The van der Waals surface area contributed by atoms with Crippen molar-refractivity contribution in [2.75, 3.05) is 27.3 Å². The zero-order chi connectivity index (χ0) is 23.4. The van der Waals surface area contributed by atoms with Crippen LogP contribution < -0.4 is 14.8 Å². The molecule has 0 unspecified atom stereocenters. The zero-order valence-electron chi connectivity index (χ0n) is 19.2. The number of halogens is 1.